The third kappa shape index (κ3) is 7.18. The summed E-state index contributed by atoms with van der Waals surface area (Å²) < 4.78 is 0. The first kappa shape index (κ1) is 25.0. The molecule has 4 rings (SSSR count). The minimum atomic E-state index is -0.0675. The van der Waals surface area contributed by atoms with E-state index >= 15 is 0 Å². The summed E-state index contributed by atoms with van der Waals surface area (Å²) in [5.41, 5.74) is 9.77. The molecule has 188 valence electrons. The summed E-state index contributed by atoms with van der Waals surface area (Å²) in [4.78, 5) is 21.6. The molecule has 0 saturated heterocycles. The third-order valence-corrected chi connectivity index (χ3v) is 7.51. The smallest absolute Gasteiger partial charge is 0.202 e. The van der Waals surface area contributed by atoms with Gasteiger partial charge in [0.05, 0.1) is 6.54 Å². The molecule has 2 aromatic rings. The number of nitrogens with one attached hydrogen (secondary N) is 4. The molecule has 2 atom stereocenters. The number of thiophene rings is 2. The van der Waals surface area contributed by atoms with Crippen LogP contribution in [0, 0.1) is 6.92 Å². The lowest BCUT2D eigenvalue weighted by Crippen LogP contribution is -2.54. The Kier molecular flexibility index (Phi) is 8.24. The van der Waals surface area contributed by atoms with Gasteiger partial charge < -0.3 is 21.3 Å². The average Bonchev–Trinajstić information content (AvgIpc) is 3.43. The van der Waals surface area contributed by atoms with Crippen molar-refractivity contribution in [3.05, 3.63) is 43.8 Å². The van der Waals surface area contributed by atoms with Crippen LogP contribution in [-0.4, -0.2) is 61.2 Å². The Hall–Kier alpha value is -3.12. The van der Waals surface area contributed by atoms with Crippen LogP contribution in [0.3, 0.4) is 0 Å². The van der Waals surface area contributed by atoms with Crippen LogP contribution in [0.2, 0.25) is 0 Å². The van der Waals surface area contributed by atoms with E-state index in [1.165, 1.54) is 21.6 Å². The van der Waals surface area contributed by atoms with Gasteiger partial charge in [0.25, 0.3) is 0 Å². The molecule has 2 aliphatic rings. The summed E-state index contributed by atoms with van der Waals surface area (Å²) in [6.07, 6.45) is 1.75. The van der Waals surface area contributed by atoms with Gasteiger partial charge in [0.15, 0.2) is 17.9 Å². The number of hydrogen-bond donors (Lipinski definition) is 5. The Labute approximate surface area is 214 Å². The van der Waals surface area contributed by atoms with E-state index in [1.807, 2.05) is 13.8 Å². The predicted molar refractivity (Wildman–Crippen MR) is 147 cm³/mol. The van der Waals surface area contributed by atoms with E-state index in [0.717, 1.165) is 31.3 Å². The van der Waals surface area contributed by atoms with Gasteiger partial charge in [-0.25, -0.2) is 15.0 Å². The van der Waals surface area contributed by atoms with E-state index < -0.39 is 0 Å². The molecule has 6 N–H and O–H groups in total. The summed E-state index contributed by atoms with van der Waals surface area (Å²) in [6.45, 7) is 8.31. The molecule has 2 unspecified atom stereocenters. The van der Waals surface area contributed by atoms with Gasteiger partial charge in [-0.1, -0.05) is 0 Å². The monoisotopic (exact) mass is 514 g/mol. The van der Waals surface area contributed by atoms with E-state index in [-0.39, 0.29) is 12.3 Å². The SMILES string of the molecule is Cc1cscc1CCN(C)C1=NC(C)NC(=NCc2cc(CCN=C3NC(N)=NC(C)N3)cs2)N1. The van der Waals surface area contributed by atoms with Crippen LogP contribution in [0.1, 0.15) is 35.4 Å². The van der Waals surface area contributed by atoms with E-state index in [9.17, 15) is 0 Å². The zero-order chi connectivity index (χ0) is 24.8. The first-order chi connectivity index (χ1) is 16.9. The van der Waals surface area contributed by atoms with Gasteiger partial charge in [-0.05, 0) is 72.5 Å². The Morgan fingerprint density at radius 1 is 1.03 bits per heavy atom. The van der Waals surface area contributed by atoms with E-state index in [2.05, 4.69) is 72.3 Å². The van der Waals surface area contributed by atoms with Crippen molar-refractivity contribution in [1.29, 1.82) is 0 Å². The Morgan fingerprint density at radius 3 is 2.54 bits per heavy atom. The number of guanidine groups is 4. The lowest BCUT2D eigenvalue weighted by atomic mass is 10.1. The molecule has 2 aromatic heterocycles. The molecule has 0 saturated carbocycles. The van der Waals surface area contributed by atoms with Gasteiger partial charge >= 0.3 is 0 Å². The Bertz CT molecular complexity index is 1130. The molecule has 0 fully saturated rings. The average molecular weight is 515 g/mol. The summed E-state index contributed by atoms with van der Waals surface area (Å²) in [7, 11) is 2.07. The minimum absolute atomic E-state index is 0.0304. The van der Waals surface area contributed by atoms with Crippen molar-refractivity contribution in [2.24, 2.45) is 25.7 Å². The van der Waals surface area contributed by atoms with Gasteiger partial charge in [0.2, 0.25) is 5.96 Å². The number of aryl methyl sites for hydroxylation is 1. The van der Waals surface area contributed by atoms with Gasteiger partial charge in [-0.15, -0.1) is 11.3 Å². The van der Waals surface area contributed by atoms with Gasteiger partial charge in [0.1, 0.15) is 12.3 Å². The fraction of sp³-hybridized carbons (Fsp3) is 0.478. The maximum absolute atomic E-state index is 5.76. The predicted octanol–water partition coefficient (Wildman–Crippen LogP) is 1.80. The zero-order valence-corrected chi connectivity index (χ0v) is 22.3. The lowest BCUT2D eigenvalue weighted by molar-refractivity contribution is 0.478. The number of nitrogens with zero attached hydrogens (tertiary/aromatic N) is 5. The highest BCUT2D eigenvalue weighted by Crippen LogP contribution is 2.17. The number of aliphatic imine (C=N–C) groups is 4. The number of rotatable bonds is 8. The molecule has 4 heterocycles. The summed E-state index contributed by atoms with van der Waals surface area (Å²) in [5.74, 6) is 2.66. The van der Waals surface area contributed by atoms with E-state index in [4.69, 9.17) is 15.7 Å². The summed E-state index contributed by atoms with van der Waals surface area (Å²) in [5, 5.41) is 19.4. The normalized spacial score (nSPS) is 22.1. The third-order valence-electron chi connectivity index (χ3n) is 5.63. The van der Waals surface area contributed by atoms with Crippen LogP contribution in [0.15, 0.2) is 42.2 Å². The fourth-order valence-corrected chi connectivity index (χ4v) is 5.45. The Morgan fingerprint density at radius 2 is 1.80 bits per heavy atom. The van der Waals surface area contributed by atoms with Crippen molar-refractivity contribution in [2.75, 3.05) is 20.1 Å². The van der Waals surface area contributed by atoms with Crippen molar-refractivity contribution in [3.63, 3.8) is 0 Å². The quantitative estimate of drug-likeness (QED) is 0.366. The molecule has 2 aliphatic heterocycles. The van der Waals surface area contributed by atoms with Crippen LogP contribution in [-0.2, 0) is 19.4 Å². The second-order valence-corrected chi connectivity index (χ2v) is 10.4. The first-order valence-corrected chi connectivity index (χ1v) is 13.5. The molecule has 12 heteroatoms. The summed E-state index contributed by atoms with van der Waals surface area (Å²) >= 11 is 3.48. The zero-order valence-electron chi connectivity index (χ0n) is 20.6. The largest absolute Gasteiger partial charge is 0.370 e. The molecule has 0 radical (unpaired) electrons. The minimum Gasteiger partial charge on any atom is -0.370 e. The molecule has 0 amide bonds. The van der Waals surface area contributed by atoms with Gasteiger partial charge in [0, 0.05) is 25.0 Å². The first-order valence-electron chi connectivity index (χ1n) is 11.7. The van der Waals surface area contributed by atoms with Crippen LogP contribution < -0.4 is 27.0 Å². The maximum Gasteiger partial charge on any atom is 0.202 e. The molecule has 0 bridgehead atoms. The number of likely N-dealkylation sites (N-methyl/N-ethyl adjacent to an activating group) is 1. The van der Waals surface area contributed by atoms with Crippen molar-refractivity contribution >= 4 is 46.5 Å². The van der Waals surface area contributed by atoms with Crippen molar-refractivity contribution in [3.8, 4) is 0 Å². The standard InChI is InChI=1S/C23H34N10S2/c1-14-11-34-13-18(14)6-8-33(4)23-30-16(3)29-22(32-23)26-10-19-9-17(12-35-19)5-7-25-21-28-15(2)27-20(24)31-21/h9,11-13,15-16H,5-8,10H2,1-4H3,(H2,26,29,30,32)(H4,24,25,27,28,31). The molecule has 0 aromatic carbocycles. The van der Waals surface area contributed by atoms with Gasteiger partial charge in [-0.2, -0.15) is 11.3 Å². The molecule has 35 heavy (non-hydrogen) atoms. The molecule has 0 aliphatic carbocycles. The molecule has 0 spiro atoms. The molecular weight excluding hydrogens is 480 g/mol. The molecule has 10 nitrogen and oxygen atoms in total. The highest BCUT2D eigenvalue weighted by molar-refractivity contribution is 7.10. The number of nitrogens with two attached hydrogens (primary N) is 1. The molecular formula is C23H34N10S2. The van der Waals surface area contributed by atoms with Crippen LogP contribution in [0.5, 0.6) is 0 Å². The van der Waals surface area contributed by atoms with E-state index in [0.29, 0.717) is 25.0 Å². The van der Waals surface area contributed by atoms with Crippen LogP contribution in [0.25, 0.3) is 0 Å². The topological polar surface area (TPSA) is 127 Å². The fourth-order valence-electron chi connectivity index (χ4n) is 3.71. The van der Waals surface area contributed by atoms with Crippen LogP contribution in [0.4, 0.5) is 0 Å². The highest BCUT2D eigenvalue weighted by Gasteiger charge is 2.18. The maximum atomic E-state index is 5.76. The summed E-state index contributed by atoms with van der Waals surface area (Å²) in [6, 6.07) is 2.20. The van der Waals surface area contributed by atoms with Gasteiger partial charge in [-0.3, -0.25) is 15.6 Å². The van der Waals surface area contributed by atoms with Crippen molar-refractivity contribution < 1.29 is 0 Å². The Balaban J connectivity index is 1.27. The van der Waals surface area contributed by atoms with E-state index in [1.54, 1.807) is 22.7 Å². The second kappa shape index (κ2) is 11.5. The second-order valence-electron chi connectivity index (χ2n) is 8.68. The van der Waals surface area contributed by atoms with Crippen molar-refractivity contribution in [2.45, 2.75) is 52.5 Å². The van der Waals surface area contributed by atoms with Crippen molar-refractivity contribution in [1.82, 2.24) is 26.2 Å². The highest BCUT2D eigenvalue weighted by atomic mass is 32.1. The van der Waals surface area contributed by atoms with Crippen LogP contribution >= 0.6 is 22.7 Å². The number of hydrogen-bond acceptors (Lipinski definition) is 8. The lowest BCUT2D eigenvalue weighted by Gasteiger charge is -2.29.